The van der Waals surface area contributed by atoms with Gasteiger partial charge in [0.25, 0.3) is 0 Å². The maximum absolute atomic E-state index is 6.13. The number of halogens is 1. The molecular formula is C17H16ClN6O2+. The second kappa shape index (κ2) is 8.13. The van der Waals surface area contributed by atoms with E-state index in [0.717, 1.165) is 11.1 Å². The summed E-state index contributed by atoms with van der Waals surface area (Å²) < 4.78 is 10.2. The maximum Gasteiger partial charge on any atom is 0.224 e. The van der Waals surface area contributed by atoms with Gasteiger partial charge >= 0.3 is 0 Å². The number of hydrazone groups is 1. The van der Waals surface area contributed by atoms with E-state index < -0.39 is 0 Å². The zero-order valence-electron chi connectivity index (χ0n) is 13.6. The van der Waals surface area contributed by atoms with Gasteiger partial charge in [0.15, 0.2) is 11.5 Å². The van der Waals surface area contributed by atoms with Crippen LogP contribution in [0.15, 0.2) is 58.3 Å². The number of aromatic nitrogens is 2. The van der Waals surface area contributed by atoms with Crippen LogP contribution in [0.25, 0.3) is 0 Å². The molecule has 1 aromatic heterocycles. The first kappa shape index (κ1) is 17.4. The van der Waals surface area contributed by atoms with E-state index in [-0.39, 0.29) is 17.3 Å². The maximum atomic E-state index is 6.13. The van der Waals surface area contributed by atoms with Crippen LogP contribution < -0.4 is 21.3 Å². The van der Waals surface area contributed by atoms with E-state index in [4.69, 9.17) is 27.8 Å². The fraction of sp³-hybridized carbons (Fsp3) is 0.0588. The molecule has 5 N–H and O–H groups in total. The quantitative estimate of drug-likeness (QED) is 0.332. The van der Waals surface area contributed by atoms with Gasteiger partial charge in [0, 0.05) is 21.3 Å². The molecule has 0 bridgehead atoms. The first-order valence-electron chi connectivity index (χ1n) is 7.60. The molecule has 0 amide bonds. The zero-order valence-corrected chi connectivity index (χ0v) is 14.3. The van der Waals surface area contributed by atoms with Crippen LogP contribution in [0.3, 0.4) is 0 Å². The fourth-order valence-electron chi connectivity index (χ4n) is 2.07. The lowest BCUT2D eigenvalue weighted by Crippen LogP contribution is -2.63. The Morgan fingerprint density at radius 2 is 2.08 bits per heavy atom. The molecule has 0 saturated carbocycles. The molecule has 26 heavy (non-hydrogen) atoms. The topological polar surface area (TPSA) is 127 Å². The molecule has 8 nitrogen and oxygen atoms in total. The highest BCUT2D eigenvalue weighted by Crippen LogP contribution is 2.18. The van der Waals surface area contributed by atoms with E-state index >= 15 is 0 Å². The Kier molecular flexibility index (Phi) is 5.45. The fourth-order valence-corrected chi connectivity index (χ4v) is 2.26. The van der Waals surface area contributed by atoms with E-state index in [1.807, 2.05) is 48.5 Å². The number of rotatable bonds is 6. The number of hydrogen-bond acceptors (Lipinski definition) is 6. The van der Waals surface area contributed by atoms with Crippen molar-refractivity contribution in [1.82, 2.24) is 10.3 Å². The van der Waals surface area contributed by atoms with Gasteiger partial charge in [-0.1, -0.05) is 35.9 Å². The lowest BCUT2D eigenvalue weighted by atomic mass is 10.2. The van der Waals surface area contributed by atoms with Gasteiger partial charge in [0.1, 0.15) is 12.4 Å². The van der Waals surface area contributed by atoms with Gasteiger partial charge in [0.05, 0.1) is 0 Å². The number of amidine groups is 1. The van der Waals surface area contributed by atoms with Crippen molar-refractivity contribution in [3.05, 3.63) is 70.4 Å². The Hall–Kier alpha value is -3.39. The van der Waals surface area contributed by atoms with Crippen molar-refractivity contribution in [3.8, 4) is 5.75 Å². The highest BCUT2D eigenvalue weighted by atomic mass is 35.5. The Balaban J connectivity index is 1.65. The lowest BCUT2D eigenvalue weighted by Gasteiger charge is -2.07. The smallest absolute Gasteiger partial charge is 0.224 e. The molecule has 0 aliphatic rings. The third-order valence-corrected chi connectivity index (χ3v) is 3.75. The number of nitrogens with two attached hydrogens (primary N) is 2. The van der Waals surface area contributed by atoms with Crippen molar-refractivity contribution in [2.45, 2.75) is 6.61 Å². The number of nitrogens with one attached hydrogen (secondary N) is 1. The zero-order chi connectivity index (χ0) is 18.4. The number of ether oxygens (including phenoxy) is 1. The summed E-state index contributed by atoms with van der Waals surface area (Å²) >= 11 is 6.13. The van der Waals surface area contributed by atoms with Crippen molar-refractivity contribution in [2.24, 2.45) is 10.8 Å². The molecule has 0 atom stereocenters. The monoisotopic (exact) mass is 371 g/mol. The first-order valence-corrected chi connectivity index (χ1v) is 7.98. The molecule has 0 aliphatic carbocycles. The molecule has 0 spiro atoms. The lowest BCUT2D eigenvalue weighted by molar-refractivity contribution is -0.456. The molecule has 0 fully saturated rings. The highest BCUT2D eigenvalue weighted by molar-refractivity contribution is 6.31. The molecular weight excluding hydrogens is 356 g/mol. The number of hydrogen-bond donors (Lipinski definition) is 3. The Labute approximate surface area is 154 Å². The Bertz CT molecular complexity index is 954. The van der Waals surface area contributed by atoms with Crippen molar-refractivity contribution in [2.75, 3.05) is 5.73 Å². The van der Waals surface area contributed by atoms with Crippen molar-refractivity contribution in [1.29, 1.82) is 0 Å². The number of benzene rings is 2. The minimum atomic E-state index is 0.0612. The van der Waals surface area contributed by atoms with Gasteiger partial charge < -0.3 is 16.2 Å². The summed E-state index contributed by atoms with van der Waals surface area (Å²) in [6.45, 7) is 0.375. The van der Waals surface area contributed by atoms with Crippen LogP contribution in [0, 0.1) is 0 Å². The summed E-state index contributed by atoms with van der Waals surface area (Å²) in [7, 11) is 0. The van der Waals surface area contributed by atoms with Gasteiger partial charge in [-0.05, 0) is 34.6 Å². The summed E-state index contributed by atoms with van der Waals surface area (Å²) in [6.07, 6.45) is 1.65. The molecule has 2 aromatic carbocycles. The predicted octanol–water partition coefficient (Wildman–Crippen LogP) is 0.704. The number of nitrogen functional groups attached to an aromatic ring is 1. The van der Waals surface area contributed by atoms with Crippen LogP contribution >= 0.6 is 11.6 Å². The average molecular weight is 372 g/mol. The first-order chi connectivity index (χ1) is 12.6. The van der Waals surface area contributed by atoms with E-state index in [2.05, 4.69) is 25.1 Å². The van der Waals surface area contributed by atoms with Crippen LogP contribution in [0.2, 0.25) is 5.02 Å². The predicted molar refractivity (Wildman–Crippen MR) is 97.8 cm³/mol. The van der Waals surface area contributed by atoms with Crippen molar-refractivity contribution in [3.63, 3.8) is 0 Å². The highest BCUT2D eigenvalue weighted by Gasteiger charge is 2.11. The summed E-state index contributed by atoms with van der Waals surface area (Å²) in [4.78, 5) is 0. The molecule has 132 valence electrons. The molecule has 9 heteroatoms. The van der Waals surface area contributed by atoms with Crippen molar-refractivity contribution < 1.29 is 14.5 Å². The molecule has 3 rings (SSSR count). The van der Waals surface area contributed by atoms with Gasteiger partial charge in [0.2, 0.25) is 12.1 Å². The molecule has 0 saturated heterocycles. The van der Waals surface area contributed by atoms with Crippen LogP contribution in [-0.4, -0.2) is 22.4 Å². The molecule has 0 radical (unpaired) electrons. The summed E-state index contributed by atoms with van der Waals surface area (Å²) in [5.74, 6) is 0.830. The third-order valence-electron chi connectivity index (χ3n) is 3.38. The molecule has 0 unspecified atom stereocenters. The Morgan fingerprint density at radius 1 is 1.23 bits per heavy atom. The standard InChI is InChI=1S/C17H15ClN6O2/c18-14-7-2-1-5-12(14)10-25-13-6-3-4-11(8-13)9-21-22-16(19)15-17(20)24-26-23-15/h1-9H,10H2,(H2,19,22)(H2,20,24)/p+1/b21-9-. The molecule has 1 heterocycles. The number of nitrogens with zero attached hydrogens (tertiary/aromatic N) is 3. The minimum absolute atomic E-state index is 0.0612. The van der Waals surface area contributed by atoms with Gasteiger partial charge in [-0.3, -0.25) is 0 Å². The van der Waals surface area contributed by atoms with Crippen LogP contribution in [0.5, 0.6) is 5.75 Å². The van der Waals surface area contributed by atoms with Crippen molar-refractivity contribution >= 4 is 29.5 Å². The van der Waals surface area contributed by atoms with Crippen LogP contribution in [0.4, 0.5) is 5.82 Å². The van der Waals surface area contributed by atoms with E-state index in [0.29, 0.717) is 17.4 Å². The van der Waals surface area contributed by atoms with E-state index in [9.17, 15) is 0 Å². The van der Waals surface area contributed by atoms with E-state index in [1.165, 1.54) is 0 Å². The van der Waals surface area contributed by atoms with Crippen LogP contribution in [0.1, 0.15) is 16.8 Å². The van der Waals surface area contributed by atoms with Crippen LogP contribution in [-0.2, 0) is 6.61 Å². The largest absolute Gasteiger partial charge is 0.489 e. The third kappa shape index (κ3) is 4.37. The minimum Gasteiger partial charge on any atom is -0.489 e. The second-order valence-corrected chi connectivity index (χ2v) is 5.63. The second-order valence-electron chi connectivity index (χ2n) is 5.22. The van der Waals surface area contributed by atoms with Gasteiger partial charge in [-0.2, -0.15) is 0 Å². The van der Waals surface area contributed by atoms with E-state index in [1.54, 1.807) is 6.21 Å². The van der Waals surface area contributed by atoms with Gasteiger partial charge in [-0.15, -0.1) is 5.10 Å². The molecule has 0 aliphatic heterocycles. The number of anilines is 1. The normalized spacial score (nSPS) is 11.8. The Morgan fingerprint density at radius 3 is 2.85 bits per heavy atom. The van der Waals surface area contributed by atoms with Gasteiger partial charge in [-0.25, -0.2) is 4.63 Å². The average Bonchev–Trinajstić information content (AvgIpc) is 3.07. The summed E-state index contributed by atoms with van der Waals surface area (Å²) in [6, 6.07) is 15.0. The summed E-state index contributed by atoms with van der Waals surface area (Å²) in [5, 5.41) is 14.3. The molecule has 3 aromatic rings. The summed E-state index contributed by atoms with van der Waals surface area (Å²) in [5.41, 5.74) is 13.2. The SMILES string of the molecule is NC(=N/[NH+]=C\c1cccc(OCc2ccccc2Cl)c1)c1nonc1N.